The van der Waals surface area contributed by atoms with Gasteiger partial charge in [0.15, 0.2) is 12.4 Å². The fourth-order valence-corrected chi connectivity index (χ4v) is 3.93. The molecule has 0 spiro atoms. The van der Waals surface area contributed by atoms with E-state index in [9.17, 15) is 8.78 Å². The zero-order chi connectivity index (χ0) is 21.4. The van der Waals surface area contributed by atoms with Crippen LogP contribution in [0.1, 0.15) is 5.69 Å². The largest absolute Gasteiger partial charge is 0.471 e. The Balaban J connectivity index is 1.36. The van der Waals surface area contributed by atoms with E-state index in [-0.39, 0.29) is 5.88 Å². The fraction of sp³-hybridized carbons (Fsp3) is 0.333. The molecule has 1 aliphatic rings. The number of fused-ring (bicyclic) bond motifs is 2. The van der Waals surface area contributed by atoms with E-state index in [1.165, 1.54) is 6.33 Å². The number of alkyl halides is 2. The van der Waals surface area contributed by atoms with Crippen molar-refractivity contribution in [1.82, 2.24) is 24.6 Å². The van der Waals surface area contributed by atoms with Crippen LogP contribution >= 0.6 is 0 Å². The number of anilines is 2. The van der Waals surface area contributed by atoms with Crippen LogP contribution in [0.5, 0.6) is 5.88 Å². The van der Waals surface area contributed by atoms with Crippen LogP contribution in [0.15, 0.2) is 43.0 Å². The van der Waals surface area contributed by atoms with E-state index in [1.807, 2.05) is 41.9 Å². The van der Waals surface area contributed by atoms with Crippen LogP contribution < -0.4 is 14.5 Å². The first kappa shape index (κ1) is 19.4. The molecule has 0 saturated carbocycles. The van der Waals surface area contributed by atoms with Gasteiger partial charge in [0.2, 0.25) is 5.88 Å². The van der Waals surface area contributed by atoms with Crippen molar-refractivity contribution in [2.45, 2.75) is 13.3 Å². The van der Waals surface area contributed by atoms with Crippen LogP contribution in [0.2, 0.25) is 0 Å². The van der Waals surface area contributed by atoms with E-state index >= 15 is 0 Å². The topological polar surface area (TPSA) is 71.7 Å². The predicted octanol–water partition coefficient (Wildman–Crippen LogP) is 2.95. The van der Waals surface area contributed by atoms with Crippen molar-refractivity contribution >= 4 is 27.9 Å². The molecule has 160 valence electrons. The Morgan fingerprint density at radius 1 is 1.03 bits per heavy atom. The van der Waals surface area contributed by atoms with Crippen molar-refractivity contribution in [3.05, 3.63) is 48.7 Å². The third kappa shape index (κ3) is 3.80. The monoisotopic (exact) mass is 425 g/mol. The number of hydrogen-bond acceptors (Lipinski definition) is 7. The highest BCUT2D eigenvalue weighted by atomic mass is 19.3. The Kier molecular flexibility index (Phi) is 4.97. The minimum atomic E-state index is -2.56. The minimum absolute atomic E-state index is 0.178. The second-order valence-electron chi connectivity index (χ2n) is 7.42. The Morgan fingerprint density at radius 3 is 2.65 bits per heavy atom. The van der Waals surface area contributed by atoms with Gasteiger partial charge in [-0.15, -0.1) is 0 Å². The van der Waals surface area contributed by atoms with Crippen molar-refractivity contribution in [2.75, 3.05) is 42.6 Å². The molecule has 0 bridgehead atoms. The smallest absolute Gasteiger partial charge is 0.272 e. The van der Waals surface area contributed by atoms with Gasteiger partial charge in [0.05, 0.1) is 16.6 Å². The van der Waals surface area contributed by atoms with E-state index in [1.54, 1.807) is 6.20 Å². The summed E-state index contributed by atoms with van der Waals surface area (Å²) < 4.78 is 32.2. The van der Waals surface area contributed by atoms with Gasteiger partial charge in [-0.05, 0) is 31.2 Å². The summed E-state index contributed by atoms with van der Waals surface area (Å²) in [6.07, 6.45) is 2.39. The third-order valence-electron chi connectivity index (χ3n) is 5.36. The van der Waals surface area contributed by atoms with Crippen LogP contribution in [0.4, 0.5) is 20.3 Å². The average Bonchev–Trinajstić information content (AvgIpc) is 3.17. The van der Waals surface area contributed by atoms with E-state index in [2.05, 4.69) is 29.9 Å². The number of benzene rings is 1. The van der Waals surface area contributed by atoms with Gasteiger partial charge in [-0.1, -0.05) is 0 Å². The SMILES string of the molecule is Cc1cc2c(N3CCN(c4ccc5ncnc(OCC(F)F)c5c4)CC3)nccn2n1. The summed E-state index contributed by atoms with van der Waals surface area (Å²) in [5.74, 6) is 1.11. The predicted molar refractivity (Wildman–Crippen MR) is 113 cm³/mol. The molecule has 0 atom stereocenters. The number of aromatic nitrogens is 5. The molecule has 4 heterocycles. The molecule has 0 N–H and O–H groups in total. The molecule has 0 aliphatic carbocycles. The Morgan fingerprint density at radius 2 is 1.84 bits per heavy atom. The highest BCUT2D eigenvalue weighted by Crippen LogP contribution is 2.28. The molecular weight excluding hydrogens is 404 g/mol. The highest BCUT2D eigenvalue weighted by molar-refractivity contribution is 5.86. The molecule has 5 rings (SSSR count). The Hall–Kier alpha value is -3.56. The lowest BCUT2D eigenvalue weighted by Gasteiger charge is -2.37. The number of hydrogen-bond donors (Lipinski definition) is 0. The van der Waals surface area contributed by atoms with E-state index in [0.29, 0.717) is 10.9 Å². The summed E-state index contributed by atoms with van der Waals surface area (Å²) in [6, 6.07) is 7.80. The second-order valence-corrected chi connectivity index (χ2v) is 7.42. The normalized spacial score (nSPS) is 14.7. The van der Waals surface area contributed by atoms with E-state index in [4.69, 9.17) is 4.74 Å². The maximum Gasteiger partial charge on any atom is 0.272 e. The third-order valence-corrected chi connectivity index (χ3v) is 5.36. The molecule has 31 heavy (non-hydrogen) atoms. The first-order valence-electron chi connectivity index (χ1n) is 10.0. The zero-order valence-corrected chi connectivity index (χ0v) is 16.9. The maximum absolute atomic E-state index is 12.6. The van der Waals surface area contributed by atoms with Gasteiger partial charge >= 0.3 is 0 Å². The summed E-state index contributed by atoms with van der Waals surface area (Å²) in [5.41, 5.74) is 3.59. The van der Waals surface area contributed by atoms with E-state index in [0.717, 1.165) is 48.9 Å². The molecule has 4 aromatic rings. The van der Waals surface area contributed by atoms with Crippen LogP contribution in [-0.2, 0) is 0 Å². The molecular formula is C21H21F2N7O. The molecule has 8 nitrogen and oxygen atoms in total. The highest BCUT2D eigenvalue weighted by Gasteiger charge is 2.21. The van der Waals surface area contributed by atoms with Gasteiger partial charge in [0.25, 0.3) is 6.43 Å². The molecule has 0 unspecified atom stereocenters. The summed E-state index contributed by atoms with van der Waals surface area (Å²) in [4.78, 5) is 17.3. The fourth-order valence-electron chi connectivity index (χ4n) is 3.93. The number of nitrogens with zero attached hydrogens (tertiary/aromatic N) is 7. The quantitative estimate of drug-likeness (QED) is 0.487. The van der Waals surface area contributed by atoms with Gasteiger partial charge in [0.1, 0.15) is 11.8 Å². The lowest BCUT2D eigenvalue weighted by atomic mass is 10.2. The van der Waals surface area contributed by atoms with Crippen LogP contribution in [-0.4, -0.2) is 63.8 Å². The first-order chi connectivity index (χ1) is 15.1. The molecule has 1 fully saturated rings. The summed E-state index contributed by atoms with van der Waals surface area (Å²) >= 11 is 0. The molecule has 1 aromatic carbocycles. The van der Waals surface area contributed by atoms with Crippen molar-refractivity contribution in [1.29, 1.82) is 0 Å². The molecule has 1 saturated heterocycles. The Bertz CT molecular complexity index is 1220. The number of rotatable bonds is 5. The summed E-state index contributed by atoms with van der Waals surface area (Å²) in [7, 11) is 0. The molecule has 3 aromatic heterocycles. The van der Waals surface area contributed by atoms with Gasteiger partial charge in [-0.3, -0.25) is 0 Å². The zero-order valence-electron chi connectivity index (χ0n) is 16.9. The first-order valence-corrected chi connectivity index (χ1v) is 10.0. The van der Waals surface area contributed by atoms with Gasteiger partial charge < -0.3 is 14.5 Å². The van der Waals surface area contributed by atoms with Crippen molar-refractivity contribution in [3.8, 4) is 5.88 Å². The molecule has 0 radical (unpaired) electrons. The summed E-state index contributed by atoms with van der Waals surface area (Å²) in [6.45, 7) is 4.47. The number of aryl methyl sites for hydroxylation is 1. The second kappa shape index (κ2) is 7.93. The maximum atomic E-state index is 12.6. The van der Waals surface area contributed by atoms with Crippen LogP contribution in [0, 0.1) is 6.92 Å². The van der Waals surface area contributed by atoms with Crippen LogP contribution in [0.25, 0.3) is 16.4 Å². The van der Waals surface area contributed by atoms with Crippen molar-refractivity contribution in [2.24, 2.45) is 0 Å². The van der Waals surface area contributed by atoms with Crippen molar-refractivity contribution < 1.29 is 13.5 Å². The van der Waals surface area contributed by atoms with Gasteiger partial charge in [0, 0.05) is 44.3 Å². The number of halogens is 2. The average molecular weight is 425 g/mol. The standard InChI is InChI=1S/C21H21F2N7O/c1-14-10-18-20(24-4-5-30(18)27-14)29-8-6-28(7-9-29)15-2-3-17-16(11-15)21(26-13-25-17)31-12-19(22)23/h2-5,10-11,13,19H,6-9,12H2,1H3. The molecule has 1 aliphatic heterocycles. The molecule has 0 amide bonds. The lowest BCUT2D eigenvalue weighted by Crippen LogP contribution is -2.47. The van der Waals surface area contributed by atoms with Gasteiger partial charge in [-0.25, -0.2) is 28.2 Å². The van der Waals surface area contributed by atoms with Gasteiger partial charge in [-0.2, -0.15) is 5.10 Å². The minimum Gasteiger partial charge on any atom is -0.471 e. The summed E-state index contributed by atoms with van der Waals surface area (Å²) in [5, 5.41) is 5.09. The lowest BCUT2D eigenvalue weighted by molar-refractivity contribution is 0.0804. The van der Waals surface area contributed by atoms with Crippen LogP contribution in [0.3, 0.4) is 0 Å². The molecule has 10 heteroatoms. The number of piperazine rings is 1. The number of ether oxygens (including phenoxy) is 1. The van der Waals surface area contributed by atoms with Crippen molar-refractivity contribution in [3.63, 3.8) is 0 Å². The van der Waals surface area contributed by atoms with E-state index < -0.39 is 13.0 Å². The Labute approximate surface area is 177 Å².